The molecule has 2 N–H and O–H groups in total. The number of aryl methyl sites for hydroxylation is 1. The molecule has 0 aliphatic rings. The summed E-state index contributed by atoms with van der Waals surface area (Å²) >= 11 is 0. The van der Waals surface area contributed by atoms with Crippen molar-refractivity contribution < 1.29 is 14.3 Å². The zero-order valence-corrected chi connectivity index (χ0v) is 10.9. The van der Waals surface area contributed by atoms with Gasteiger partial charge in [0.25, 0.3) is 0 Å². The van der Waals surface area contributed by atoms with Crippen molar-refractivity contribution in [3.63, 3.8) is 0 Å². The number of amides is 1. The highest BCUT2D eigenvalue weighted by molar-refractivity contribution is 6.01. The van der Waals surface area contributed by atoms with E-state index in [0.717, 1.165) is 12.6 Å². The molecule has 0 fully saturated rings. The summed E-state index contributed by atoms with van der Waals surface area (Å²) in [6.07, 6.45) is 6.27. The fraction of sp³-hybridized carbons (Fsp3) is 0.143. The van der Waals surface area contributed by atoms with Crippen LogP contribution in [0.3, 0.4) is 0 Å². The van der Waals surface area contributed by atoms with Crippen LogP contribution in [-0.2, 0) is 11.3 Å². The van der Waals surface area contributed by atoms with Gasteiger partial charge in [0.05, 0.1) is 5.69 Å². The number of phenols is 1. The summed E-state index contributed by atoms with van der Waals surface area (Å²) in [6.45, 7) is 2.71. The van der Waals surface area contributed by atoms with E-state index in [2.05, 4.69) is 10.3 Å². The molecule has 0 radical (unpaired) electrons. The molecular weight excluding hydrogens is 261 g/mol. The summed E-state index contributed by atoms with van der Waals surface area (Å²) in [5.41, 5.74) is 0.0104. The maximum atomic E-state index is 13.4. The van der Waals surface area contributed by atoms with Crippen molar-refractivity contribution in [3.05, 3.63) is 48.3 Å². The van der Waals surface area contributed by atoms with Gasteiger partial charge >= 0.3 is 0 Å². The van der Waals surface area contributed by atoms with E-state index in [1.165, 1.54) is 18.2 Å². The second kappa shape index (κ2) is 6.01. The zero-order chi connectivity index (χ0) is 14.5. The third kappa shape index (κ3) is 3.23. The van der Waals surface area contributed by atoms with Crippen LogP contribution in [0.2, 0.25) is 0 Å². The molecule has 0 aliphatic heterocycles. The Morgan fingerprint density at radius 1 is 1.55 bits per heavy atom. The van der Waals surface area contributed by atoms with Crippen molar-refractivity contribution >= 4 is 17.7 Å². The highest BCUT2D eigenvalue weighted by Crippen LogP contribution is 2.19. The van der Waals surface area contributed by atoms with E-state index in [-0.39, 0.29) is 11.4 Å². The number of nitrogens with zero attached hydrogens (tertiary/aromatic N) is 2. The molecule has 0 bridgehead atoms. The van der Waals surface area contributed by atoms with Gasteiger partial charge in [-0.2, -0.15) is 0 Å². The molecule has 20 heavy (non-hydrogen) atoms. The molecule has 0 saturated carbocycles. The first-order valence-electron chi connectivity index (χ1n) is 6.09. The molecule has 1 aromatic carbocycles. The molecule has 6 heteroatoms. The molecular formula is C14H14FN3O2. The van der Waals surface area contributed by atoms with E-state index in [1.807, 2.05) is 11.5 Å². The van der Waals surface area contributed by atoms with Crippen LogP contribution in [0.15, 0.2) is 36.7 Å². The van der Waals surface area contributed by atoms with Gasteiger partial charge in [-0.1, -0.05) is 0 Å². The molecule has 1 amide bonds. The quantitative estimate of drug-likeness (QED) is 0.665. The van der Waals surface area contributed by atoms with E-state index in [9.17, 15) is 9.18 Å². The lowest BCUT2D eigenvalue weighted by Gasteiger charge is -2.04. The Bertz CT molecular complexity index is 650. The van der Waals surface area contributed by atoms with Crippen molar-refractivity contribution in [2.75, 3.05) is 5.32 Å². The van der Waals surface area contributed by atoms with Gasteiger partial charge in [-0.25, -0.2) is 9.37 Å². The number of hydrogen-bond acceptors (Lipinski definition) is 3. The van der Waals surface area contributed by atoms with Crippen LogP contribution in [0.5, 0.6) is 5.75 Å². The molecule has 1 aromatic heterocycles. The molecule has 0 aliphatic carbocycles. The average Bonchev–Trinajstić information content (AvgIpc) is 2.87. The van der Waals surface area contributed by atoms with Crippen LogP contribution < -0.4 is 5.32 Å². The highest BCUT2D eigenvalue weighted by atomic mass is 19.1. The SMILES string of the molecule is CCn1ccnc1/C=C/C(=O)Nc1ccc(O)cc1F. The van der Waals surface area contributed by atoms with Crippen LogP contribution >= 0.6 is 0 Å². The molecule has 0 atom stereocenters. The number of benzene rings is 1. The summed E-state index contributed by atoms with van der Waals surface area (Å²) in [5, 5.41) is 11.5. The van der Waals surface area contributed by atoms with Crippen LogP contribution in [0.25, 0.3) is 6.08 Å². The van der Waals surface area contributed by atoms with Gasteiger partial charge in [0.15, 0.2) is 0 Å². The van der Waals surface area contributed by atoms with Gasteiger partial charge < -0.3 is 15.0 Å². The Morgan fingerprint density at radius 2 is 2.35 bits per heavy atom. The number of aromatic nitrogens is 2. The Labute approximate surface area is 115 Å². The largest absolute Gasteiger partial charge is 0.508 e. The number of anilines is 1. The molecule has 104 valence electrons. The number of imidazole rings is 1. The monoisotopic (exact) mass is 275 g/mol. The Hall–Kier alpha value is -2.63. The van der Waals surface area contributed by atoms with E-state index in [1.54, 1.807) is 18.5 Å². The lowest BCUT2D eigenvalue weighted by molar-refractivity contribution is -0.111. The second-order valence-electron chi connectivity index (χ2n) is 4.06. The first-order valence-corrected chi connectivity index (χ1v) is 6.09. The Morgan fingerprint density at radius 3 is 3.05 bits per heavy atom. The summed E-state index contributed by atoms with van der Waals surface area (Å²) in [4.78, 5) is 15.8. The minimum atomic E-state index is -0.693. The predicted octanol–water partition coefficient (Wildman–Crippen LogP) is 2.40. The minimum absolute atomic E-state index is 0.0104. The number of nitrogens with one attached hydrogen (secondary N) is 1. The normalized spacial score (nSPS) is 10.9. The molecule has 0 spiro atoms. The molecule has 1 heterocycles. The highest BCUT2D eigenvalue weighted by Gasteiger charge is 2.05. The zero-order valence-electron chi connectivity index (χ0n) is 10.9. The maximum absolute atomic E-state index is 13.4. The summed E-state index contributed by atoms with van der Waals surface area (Å²) in [6, 6.07) is 3.53. The van der Waals surface area contributed by atoms with Gasteiger partial charge in [-0.05, 0) is 25.1 Å². The fourth-order valence-electron chi connectivity index (χ4n) is 1.68. The number of carbonyl (C=O) groups excluding carboxylic acids is 1. The van der Waals surface area contributed by atoms with Crippen LogP contribution in [0, 0.1) is 5.82 Å². The van der Waals surface area contributed by atoms with Crippen LogP contribution in [0.4, 0.5) is 10.1 Å². The smallest absolute Gasteiger partial charge is 0.248 e. The Balaban J connectivity index is 2.05. The number of rotatable bonds is 4. The lowest BCUT2D eigenvalue weighted by Crippen LogP contribution is -2.09. The van der Waals surface area contributed by atoms with Gasteiger partial charge in [-0.3, -0.25) is 4.79 Å². The molecule has 2 aromatic rings. The fourth-order valence-corrected chi connectivity index (χ4v) is 1.68. The number of carbonyl (C=O) groups is 1. The summed E-state index contributed by atoms with van der Waals surface area (Å²) in [5.74, 6) is -0.711. The predicted molar refractivity (Wildman–Crippen MR) is 73.6 cm³/mol. The minimum Gasteiger partial charge on any atom is -0.508 e. The van der Waals surface area contributed by atoms with Gasteiger partial charge in [-0.15, -0.1) is 0 Å². The van der Waals surface area contributed by atoms with Crippen molar-refractivity contribution in [1.29, 1.82) is 0 Å². The number of aromatic hydroxyl groups is 1. The van der Waals surface area contributed by atoms with Crippen molar-refractivity contribution in [3.8, 4) is 5.75 Å². The summed E-state index contributed by atoms with van der Waals surface area (Å²) < 4.78 is 15.3. The topological polar surface area (TPSA) is 67.2 Å². The van der Waals surface area contributed by atoms with Crippen molar-refractivity contribution in [2.24, 2.45) is 0 Å². The molecule has 0 saturated heterocycles. The van der Waals surface area contributed by atoms with E-state index < -0.39 is 11.7 Å². The van der Waals surface area contributed by atoms with E-state index in [4.69, 9.17) is 5.11 Å². The van der Waals surface area contributed by atoms with Crippen molar-refractivity contribution in [1.82, 2.24) is 9.55 Å². The molecule has 0 unspecified atom stereocenters. The standard InChI is InChI=1S/C14H14FN3O2/c1-2-18-8-7-16-13(18)5-6-14(20)17-12-4-3-10(19)9-11(12)15/h3-9,19H,2H2,1H3,(H,17,20)/b6-5+. The van der Waals surface area contributed by atoms with Gasteiger partial charge in [0.1, 0.15) is 17.4 Å². The van der Waals surface area contributed by atoms with Crippen LogP contribution in [-0.4, -0.2) is 20.6 Å². The molecule has 2 rings (SSSR count). The number of halogens is 1. The average molecular weight is 275 g/mol. The Kier molecular flexibility index (Phi) is 4.14. The molecule has 5 nitrogen and oxygen atoms in total. The first-order chi connectivity index (χ1) is 9.60. The third-order valence-electron chi connectivity index (χ3n) is 2.68. The van der Waals surface area contributed by atoms with Gasteiger partial charge in [0.2, 0.25) is 5.91 Å². The number of phenolic OH excluding ortho intramolecular Hbond substituents is 1. The van der Waals surface area contributed by atoms with Crippen LogP contribution in [0.1, 0.15) is 12.7 Å². The maximum Gasteiger partial charge on any atom is 0.248 e. The van der Waals surface area contributed by atoms with E-state index >= 15 is 0 Å². The second-order valence-corrected chi connectivity index (χ2v) is 4.06. The van der Waals surface area contributed by atoms with Gasteiger partial charge in [0, 0.05) is 31.1 Å². The number of hydrogen-bond donors (Lipinski definition) is 2. The first kappa shape index (κ1) is 13.8. The van der Waals surface area contributed by atoms with E-state index in [0.29, 0.717) is 5.82 Å². The van der Waals surface area contributed by atoms with Crippen molar-refractivity contribution in [2.45, 2.75) is 13.5 Å². The lowest BCUT2D eigenvalue weighted by atomic mass is 10.3. The summed E-state index contributed by atoms with van der Waals surface area (Å²) in [7, 11) is 0. The third-order valence-corrected chi connectivity index (χ3v) is 2.68.